The summed E-state index contributed by atoms with van der Waals surface area (Å²) >= 11 is 0. The zero-order valence-corrected chi connectivity index (χ0v) is 12.0. The van der Waals surface area contributed by atoms with Crippen molar-refractivity contribution < 1.29 is 19.0 Å². The maximum Gasteiger partial charge on any atom is 0.511 e. The van der Waals surface area contributed by atoms with E-state index in [0.717, 1.165) is 12.0 Å². The lowest BCUT2D eigenvalue weighted by atomic mass is 10.1. The largest absolute Gasteiger partial charge is 0.511 e. The Morgan fingerprint density at radius 1 is 1.26 bits per heavy atom. The van der Waals surface area contributed by atoms with Gasteiger partial charge in [-0.15, -0.1) is 0 Å². The molecular weight excluding hydrogens is 244 g/mol. The smallest absolute Gasteiger partial charge is 0.435 e. The number of hydrogen-bond donors (Lipinski definition) is 0. The van der Waals surface area contributed by atoms with Crippen LogP contribution in [0.2, 0.25) is 0 Å². The van der Waals surface area contributed by atoms with Gasteiger partial charge in [-0.3, -0.25) is 0 Å². The molecule has 0 aromatic heterocycles. The quantitative estimate of drug-likeness (QED) is 0.579. The number of hydrogen-bond acceptors (Lipinski definition) is 4. The molecule has 0 N–H and O–H groups in total. The van der Waals surface area contributed by atoms with Crippen molar-refractivity contribution in [2.24, 2.45) is 0 Å². The Balaban J connectivity index is 2.93. The first kappa shape index (κ1) is 15.5. The molecule has 106 valence electrons. The Morgan fingerprint density at radius 3 is 2.42 bits per heavy atom. The zero-order valence-electron chi connectivity index (χ0n) is 12.0. The van der Waals surface area contributed by atoms with Crippen LogP contribution in [0, 0.1) is 0 Å². The van der Waals surface area contributed by atoms with E-state index in [1.54, 1.807) is 13.8 Å². The summed E-state index contributed by atoms with van der Waals surface area (Å²) in [6, 6.07) is 9.38. The van der Waals surface area contributed by atoms with Crippen molar-refractivity contribution in [2.75, 3.05) is 6.61 Å². The topological polar surface area (TPSA) is 44.8 Å². The summed E-state index contributed by atoms with van der Waals surface area (Å²) in [5.74, 6) is -1.14. The van der Waals surface area contributed by atoms with Crippen molar-refractivity contribution >= 4 is 6.16 Å². The van der Waals surface area contributed by atoms with Crippen LogP contribution in [0.5, 0.6) is 0 Å². The highest BCUT2D eigenvalue weighted by Crippen LogP contribution is 2.29. The van der Waals surface area contributed by atoms with Crippen molar-refractivity contribution in [3.8, 4) is 0 Å². The lowest BCUT2D eigenvalue weighted by Crippen LogP contribution is -2.35. The highest BCUT2D eigenvalue weighted by molar-refractivity contribution is 5.60. The van der Waals surface area contributed by atoms with Gasteiger partial charge in [0.2, 0.25) is 5.79 Å². The van der Waals surface area contributed by atoms with Crippen molar-refractivity contribution in [3.63, 3.8) is 0 Å². The van der Waals surface area contributed by atoms with Gasteiger partial charge < -0.3 is 14.2 Å². The van der Waals surface area contributed by atoms with Crippen molar-refractivity contribution in [2.45, 2.75) is 46.0 Å². The van der Waals surface area contributed by atoms with Gasteiger partial charge >= 0.3 is 6.16 Å². The minimum Gasteiger partial charge on any atom is -0.435 e. The van der Waals surface area contributed by atoms with Gasteiger partial charge in [-0.1, -0.05) is 37.3 Å². The summed E-state index contributed by atoms with van der Waals surface area (Å²) < 4.78 is 16.1. The third-order valence-electron chi connectivity index (χ3n) is 2.84. The standard InChI is InChI=1S/C15H22O4/c1-5-12(3)18-15(4,19-14(16)17-6-2)13-10-8-7-9-11-13/h7-12H,5-6H2,1-4H3. The third kappa shape index (κ3) is 4.56. The van der Waals surface area contributed by atoms with Crippen LogP contribution >= 0.6 is 0 Å². The Bertz CT molecular complexity index is 390. The van der Waals surface area contributed by atoms with Crippen molar-refractivity contribution in [1.29, 1.82) is 0 Å². The summed E-state index contributed by atoms with van der Waals surface area (Å²) in [7, 11) is 0. The van der Waals surface area contributed by atoms with E-state index in [2.05, 4.69) is 0 Å². The minimum atomic E-state index is -1.14. The molecular formula is C15H22O4. The Morgan fingerprint density at radius 2 is 1.89 bits per heavy atom. The van der Waals surface area contributed by atoms with Gasteiger partial charge in [-0.2, -0.15) is 0 Å². The molecule has 0 aliphatic heterocycles. The van der Waals surface area contributed by atoms with E-state index in [0.29, 0.717) is 0 Å². The number of carbonyl (C=O) groups is 1. The predicted octanol–water partition coefficient (Wildman–Crippen LogP) is 3.85. The molecule has 0 heterocycles. The van der Waals surface area contributed by atoms with Crippen LogP contribution in [-0.4, -0.2) is 18.9 Å². The molecule has 4 nitrogen and oxygen atoms in total. The normalized spacial score (nSPS) is 15.4. The number of benzene rings is 1. The second-order valence-electron chi connectivity index (χ2n) is 4.43. The van der Waals surface area contributed by atoms with Crippen LogP contribution in [0.15, 0.2) is 30.3 Å². The average Bonchev–Trinajstić information content (AvgIpc) is 2.39. The minimum absolute atomic E-state index is 0.0281. The van der Waals surface area contributed by atoms with Crippen LogP contribution in [-0.2, 0) is 20.0 Å². The molecule has 0 saturated heterocycles. The van der Waals surface area contributed by atoms with Gasteiger partial charge in [-0.25, -0.2) is 4.79 Å². The number of carbonyl (C=O) groups excluding carboxylic acids is 1. The fraction of sp³-hybridized carbons (Fsp3) is 0.533. The van der Waals surface area contributed by atoms with Gasteiger partial charge in [0.05, 0.1) is 12.7 Å². The Kier molecular flexibility index (Phi) is 5.83. The van der Waals surface area contributed by atoms with Gasteiger partial charge in [0.1, 0.15) is 0 Å². The van der Waals surface area contributed by atoms with E-state index in [1.165, 1.54) is 0 Å². The molecule has 0 spiro atoms. The van der Waals surface area contributed by atoms with Crippen molar-refractivity contribution in [3.05, 3.63) is 35.9 Å². The Hall–Kier alpha value is -1.55. The molecule has 1 rings (SSSR count). The molecule has 1 aromatic carbocycles. The van der Waals surface area contributed by atoms with Gasteiger partial charge in [0, 0.05) is 12.5 Å². The van der Waals surface area contributed by atoms with E-state index < -0.39 is 11.9 Å². The van der Waals surface area contributed by atoms with E-state index >= 15 is 0 Å². The highest BCUT2D eigenvalue weighted by atomic mass is 16.8. The summed E-state index contributed by atoms with van der Waals surface area (Å²) in [6.45, 7) is 7.69. The fourth-order valence-electron chi connectivity index (χ4n) is 1.67. The van der Waals surface area contributed by atoms with Gasteiger partial charge in [-0.05, 0) is 20.3 Å². The van der Waals surface area contributed by atoms with E-state index in [1.807, 2.05) is 44.2 Å². The second kappa shape index (κ2) is 7.14. The zero-order chi connectivity index (χ0) is 14.3. The molecule has 0 fully saturated rings. The molecule has 2 atom stereocenters. The maximum absolute atomic E-state index is 11.6. The fourth-order valence-corrected chi connectivity index (χ4v) is 1.67. The van der Waals surface area contributed by atoms with Crippen LogP contribution < -0.4 is 0 Å². The van der Waals surface area contributed by atoms with Crippen LogP contribution in [0.4, 0.5) is 4.79 Å². The molecule has 0 bridgehead atoms. The average molecular weight is 266 g/mol. The van der Waals surface area contributed by atoms with E-state index in [4.69, 9.17) is 14.2 Å². The van der Waals surface area contributed by atoms with Gasteiger partial charge in [0.15, 0.2) is 0 Å². The monoisotopic (exact) mass is 266 g/mol. The lowest BCUT2D eigenvalue weighted by molar-refractivity contribution is -0.231. The van der Waals surface area contributed by atoms with E-state index in [9.17, 15) is 4.79 Å². The molecule has 0 aliphatic carbocycles. The van der Waals surface area contributed by atoms with E-state index in [-0.39, 0.29) is 12.7 Å². The molecule has 0 radical (unpaired) electrons. The van der Waals surface area contributed by atoms with Crippen LogP contribution in [0.25, 0.3) is 0 Å². The maximum atomic E-state index is 11.6. The van der Waals surface area contributed by atoms with Crippen LogP contribution in [0.3, 0.4) is 0 Å². The molecule has 0 amide bonds. The summed E-state index contributed by atoms with van der Waals surface area (Å²) in [5, 5.41) is 0. The summed E-state index contributed by atoms with van der Waals surface area (Å²) in [6.07, 6.45) is 0.0750. The first-order valence-electron chi connectivity index (χ1n) is 6.61. The molecule has 1 aromatic rings. The first-order valence-corrected chi connectivity index (χ1v) is 6.61. The Labute approximate surface area is 114 Å². The van der Waals surface area contributed by atoms with Gasteiger partial charge in [0.25, 0.3) is 0 Å². The molecule has 2 unspecified atom stereocenters. The molecule has 0 saturated carbocycles. The lowest BCUT2D eigenvalue weighted by Gasteiger charge is -2.32. The summed E-state index contributed by atoms with van der Waals surface area (Å²) in [4.78, 5) is 11.6. The highest BCUT2D eigenvalue weighted by Gasteiger charge is 2.34. The molecule has 0 aliphatic rings. The SMILES string of the molecule is CCOC(=O)OC(C)(OC(C)CC)c1ccccc1. The second-order valence-corrected chi connectivity index (χ2v) is 4.43. The predicted molar refractivity (Wildman–Crippen MR) is 72.7 cm³/mol. The van der Waals surface area contributed by atoms with Crippen molar-refractivity contribution in [1.82, 2.24) is 0 Å². The molecule has 19 heavy (non-hydrogen) atoms. The molecule has 4 heteroatoms. The van der Waals surface area contributed by atoms with Crippen LogP contribution in [0.1, 0.15) is 39.7 Å². The first-order chi connectivity index (χ1) is 9.01. The summed E-state index contributed by atoms with van der Waals surface area (Å²) in [5.41, 5.74) is 0.781. The number of ether oxygens (including phenoxy) is 3. The third-order valence-corrected chi connectivity index (χ3v) is 2.84. The number of rotatable bonds is 6.